The zero-order chi connectivity index (χ0) is 21.0. The maximum absolute atomic E-state index is 5.50. The van der Waals surface area contributed by atoms with Crippen LogP contribution in [0.15, 0.2) is 36.7 Å². The largest absolute Gasteiger partial charge is 0.378 e. The standard InChI is InChI=1S/C24H30N6O/c1-17-13-19(4-5-22(17)30-9-11-31-12-10-30)20-14-21-23(27-8-7-26-21)24(29-20)28-16-18-3-2-6-25-15-18/h4-5,7-8,13-14,18,25H,2-3,6,9-12,15-16H2,1H3,(H,28,29)/t18-/m0/s1. The fraction of sp³-hybridized carbons (Fsp3) is 0.458. The van der Waals surface area contributed by atoms with Crippen LogP contribution in [0.1, 0.15) is 18.4 Å². The molecule has 1 atom stereocenters. The van der Waals surface area contributed by atoms with Crippen molar-refractivity contribution in [3.05, 3.63) is 42.2 Å². The van der Waals surface area contributed by atoms with Gasteiger partial charge < -0.3 is 20.3 Å². The fourth-order valence-electron chi connectivity index (χ4n) is 4.56. The first-order valence-corrected chi connectivity index (χ1v) is 11.3. The van der Waals surface area contributed by atoms with E-state index < -0.39 is 0 Å². The number of nitrogens with one attached hydrogen (secondary N) is 2. The number of fused-ring (bicyclic) bond motifs is 1. The lowest BCUT2D eigenvalue weighted by Crippen LogP contribution is -2.36. The van der Waals surface area contributed by atoms with Crippen LogP contribution in [0.4, 0.5) is 11.5 Å². The van der Waals surface area contributed by atoms with Crippen LogP contribution in [0, 0.1) is 12.8 Å². The number of hydrogen-bond acceptors (Lipinski definition) is 7. The summed E-state index contributed by atoms with van der Waals surface area (Å²) in [5.74, 6) is 1.43. The summed E-state index contributed by atoms with van der Waals surface area (Å²) in [7, 11) is 0. The molecule has 0 unspecified atom stereocenters. The van der Waals surface area contributed by atoms with Crippen LogP contribution in [-0.2, 0) is 4.74 Å². The lowest BCUT2D eigenvalue weighted by Gasteiger charge is -2.30. The summed E-state index contributed by atoms with van der Waals surface area (Å²) in [4.78, 5) is 16.5. The fourth-order valence-corrected chi connectivity index (χ4v) is 4.56. The van der Waals surface area contributed by atoms with Crippen molar-refractivity contribution in [1.29, 1.82) is 0 Å². The molecule has 162 valence electrons. The highest BCUT2D eigenvalue weighted by molar-refractivity contribution is 5.88. The number of ether oxygens (including phenoxy) is 1. The van der Waals surface area contributed by atoms with Crippen LogP contribution < -0.4 is 15.5 Å². The highest BCUT2D eigenvalue weighted by Gasteiger charge is 2.17. The Kier molecular flexibility index (Phi) is 5.95. The van der Waals surface area contributed by atoms with E-state index >= 15 is 0 Å². The molecule has 2 fully saturated rings. The topological polar surface area (TPSA) is 75.2 Å². The van der Waals surface area contributed by atoms with E-state index in [1.165, 1.54) is 24.1 Å². The Morgan fingerprint density at radius 1 is 1.16 bits per heavy atom. The van der Waals surface area contributed by atoms with E-state index in [4.69, 9.17) is 9.72 Å². The third-order valence-electron chi connectivity index (χ3n) is 6.26. The average Bonchev–Trinajstić information content (AvgIpc) is 2.83. The van der Waals surface area contributed by atoms with Gasteiger partial charge in [0.05, 0.1) is 24.4 Å². The molecule has 2 N–H and O–H groups in total. The molecule has 1 aromatic carbocycles. The number of nitrogens with zero attached hydrogens (tertiary/aromatic N) is 4. The van der Waals surface area contributed by atoms with Gasteiger partial charge in [0.2, 0.25) is 0 Å². The predicted octanol–water partition coefficient (Wildman–Crippen LogP) is 3.25. The highest BCUT2D eigenvalue weighted by Crippen LogP contribution is 2.30. The van der Waals surface area contributed by atoms with Crippen molar-refractivity contribution < 1.29 is 4.74 Å². The molecule has 0 radical (unpaired) electrons. The molecule has 5 rings (SSSR count). The SMILES string of the molecule is Cc1cc(-c2cc3nccnc3c(NC[C@H]3CCCNC3)n2)ccc1N1CCOCC1. The zero-order valence-electron chi connectivity index (χ0n) is 18.1. The second-order valence-corrected chi connectivity index (χ2v) is 8.47. The monoisotopic (exact) mass is 418 g/mol. The first kappa shape index (κ1) is 20.2. The second-order valence-electron chi connectivity index (χ2n) is 8.47. The number of hydrogen-bond donors (Lipinski definition) is 2. The number of pyridine rings is 1. The van der Waals surface area contributed by atoms with Crippen LogP contribution in [0.2, 0.25) is 0 Å². The first-order valence-electron chi connectivity index (χ1n) is 11.3. The van der Waals surface area contributed by atoms with E-state index in [0.29, 0.717) is 5.92 Å². The van der Waals surface area contributed by atoms with E-state index in [0.717, 1.165) is 74.0 Å². The van der Waals surface area contributed by atoms with E-state index in [1.54, 1.807) is 12.4 Å². The Labute approximate surface area is 183 Å². The van der Waals surface area contributed by atoms with Gasteiger partial charge in [-0.1, -0.05) is 6.07 Å². The molecule has 3 aromatic rings. The Hall–Kier alpha value is -2.77. The maximum atomic E-state index is 5.50. The van der Waals surface area contributed by atoms with Crippen molar-refractivity contribution in [2.75, 3.05) is 56.2 Å². The number of anilines is 2. The number of benzene rings is 1. The van der Waals surface area contributed by atoms with Crippen LogP contribution in [0.25, 0.3) is 22.3 Å². The van der Waals surface area contributed by atoms with Crippen LogP contribution in [0.5, 0.6) is 0 Å². The minimum Gasteiger partial charge on any atom is -0.378 e. The average molecular weight is 419 g/mol. The lowest BCUT2D eigenvalue weighted by molar-refractivity contribution is 0.122. The summed E-state index contributed by atoms with van der Waals surface area (Å²) in [6.45, 7) is 8.70. The summed E-state index contributed by atoms with van der Waals surface area (Å²) >= 11 is 0. The van der Waals surface area contributed by atoms with Crippen molar-refractivity contribution >= 4 is 22.5 Å². The minimum absolute atomic E-state index is 0.612. The van der Waals surface area contributed by atoms with Crippen molar-refractivity contribution in [2.24, 2.45) is 5.92 Å². The zero-order valence-corrected chi connectivity index (χ0v) is 18.1. The Morgan fingerprint density at radius 2 is 2.03 bits per heavy atom. The van der Waals surface area contributed by atoms with Gasteiger partial charge in [0.1, 0.15) is 5.52 Å². The third-order valence-corrected chi connectivity index (χ3v) is 6.26. The molecule has 2 aliphatic rings. The summed E-state index contributed by atoms with van der Waals surface area (Å²) in [5, 5.41) is 7.05. The molecule has 0 amide bonds. The number of aryl methyl sites for hydroxylation is 1. The van der Waals surface area contributed by atoms with E-state index in [2.05, 4.69) is 50.6 Å². The quantitative estimate of drug-likeness (QED) is 0.659. The molecule has 0 aliphatic carbocycles. The predicted molar refractivity (Wildman–Crippen MR) is 125 cm³/mol. The number of morpholine rings is 1. The van der Waals surface area contributed by atoms with Gasteiger partial charge in [0.25, 0.3) is 0 Å². The highest BCUT2D eigenvalue weighted by atomic mass is 16.5. The van der Waals surface area contributed by atoms with E-state index in [1.807, 2.05) is 6.07 Å². The van der Waals surface area contributed by atoms with Crippen molar-refractivity contribution in [2.45, 2.75) is 19.8 Å². The van der Waals surface area contributed by atoms with Crippen LogP contribution in [-0.4, -0.2) is 60.9 Å². The molecule has 31 heavy (non-hydrogen) atoms. The van der Waals surface area contributed by atoms with Gasteiger partial charge in [0, 0.05) is 43.3 Å². The van der Waals surface area contributed by atoms with Crippen molar-refractivity contribution in [3.8, 4) is 11.3 Å². The van der Waals surface area contributed by atoms with Crippen molar-refractivity contribution in [1.82, 2.24) is 20.3 Å². The van der Waals surface area contributed by atoms with Gasteiger partial charge >= 0.3 is 0 Å². The van der Waals surface area contributed by atoms with Gasteiger partial charge in [-0.15, -0.1) is 0 Å². The maximum Gasteiger partial charge on any atom is 0.154 e. The number of rotatable bonds is 5. The molecular weight excluding hydrogens is 388 g/mol. The minimum atomic E-state index is 0.612. The van der Waals surface area contributed by atoms with Gasteiger partial charge in [-0.25, -0.2) is 9.97 Å². The van der Waals surface area contributed by atoms with Gasteiger partial charge in [-0.3, -0.25) is 4.98 Å². The Bertz CT molecular complexity index is 1040. The first-order chi connectivity index (χ1) is 15.3. The number of piperidine rings is 1. The van der Waals surface area contributed by atoms with Gasteiger partial charge in [-0.2, -0.15) is 0 Å². The van der Waals surface area contributed by atoms with E-state index in [-0.39, 0.29) is 0 Å². The molecule has 4 heterocycles. The number of aromatic nitrogens is 3. The third kappa shape index (κ3) is 4.48. The summed E-state index contributed by atoms with van der Waals surface area (Å²) < 4.78 is 5.50. The molecule has 2 saturated heterocycles. The normalized spacial score (nSPS) is 19.5. The molecule has 2 aliphatic heterocycles. The Morgan fingerprint density at radius 3 is 2.84 bits per heavy atom. The second kappa shape index (κ2) is 9.16. The molecule has 7 nitrogen and oxygen atoms in total. The lowest BCUT2D eigenvalue weighted by atomic mass is 10.00. The van der Waals surface area contributed by atoms with Gasteiger partial charge in [0.15, 0.2) is 5.82 Å². The smallest absolute Gasteiger partial charge is 0.154 e. The van der Waals surface area contributed by atoms with Crippen molar-refractivity contribution in [3.63, 3.8) is 0 Å². The van der Waals surface area contributed by atoms with E-state index in [9.17, 15) is 0 Å². The summed E-state index contributed by atoms with van der Waals surface area (Å²) in [6.07, 6.45) is 5.95. The Balaban J connectivity index is 1.44. The molecule has 0 saturated carbocycles. The molecule has 7 heteroatoms. The van der Waals surface area contributed by atoms with Crippen LogP contribution in [0.3, 0.4) is 0 Å². The molecule has 2 aromatic heterocycles. The summed E-state index contributed by atoms with van der Waals surface area (Å²) in [5.41, 5.74) is 6.25. The summed E-state index contributed by atoms with van der Waals surface area (Å²) in [6, 6.07) is 8.64. The van der Waals surface area contributed by atoms with Gasteiger partial charge in [-0.05, 0) is 62.5 Å². The molecule has 0 bridgehead atoms. The molecule has 0 spiro atoms. The van der Waals surface area contributed by atoms with Crippen LogP contribution >= 0.6 is 0 Å². The molecular formula is C24H30N6O.